The number of pyridine rings is 1. The van der Waals surface area contributed by atoms with E-state index in [0.29, 0.717) is 23.1 Å². The standard InChI is InChI=1S/C23H27N3O2S/c1-23(2,3)18-9-7-16(8-10-18)21(28)24-22(29)25-12-15-11-17(14-25)19-5-4-6-20(27)26(19)13-15/h4-10,15,17H,11-14H2,1-3H3,(H,24,28,29)/t15-,17?/m0/s1. The number of piperidine rings is 1. The lowest BCUT2D eigenvalue weighted by Gasteiger charge is -2.43. The lowest BCUT2D eigenvalue weighted by atomic mass is 9.83. The molecular weight excluding hydrogens is 382 g/mol. The molecule has 5 nitrogen and oxygen atoms in total. The zero-order chi connectivity index (χ0) is 20.8. The Hall–Kier alpha value is -2.47. The van der Waals surface area contributed by atoms with Gasteiger partial charge in [-0.05, 0) is 53.7 Å². The first-order valence-corrected chi connectivity index (χ1v) is 10.5. The largest absolute Gasteiger partial charge is 0.348 e. The number of amides is 1. The van der Waals surface area contributed by atoms with Crippen molar-refractivity contribution in [2.45, 2.75) is 45.1 Å². The predicted octanol–water partition coefficient (Wildman–Crippen LogP) is 3.28. The summed E-state index contributed by atoms with van der Waals surface area (Å²) in [4.78, 5) is 26.9. The molecule has 1 saturated heterocycles. The van der Waals surface area contributed by atoms with Gasteiger partial charge in [0.2, 0.25) is 0 Å². The van der Waals surface area contributed by atoms with Gasteiger partial charge in [-0.25, -0.2) is 0 Å². The molecule has 3 heterocycles. The molecule has 152 valence electrons. The fourth-order valence-corrected chi connectivity index (χ4v) is 4.67. The highest BCUT2D eigenvalue weighted by Crippen LogP contribution is 2.34. The average molecular weight is 410 g/mol. The highest BCUT2D eigenvalue weighted by Gasteiger charge is 2.35. The number of nitrogens with zero attached hydrogens (tertiary/aromatic N) is 2. The maximum absolute atomic E-state index is 12.7. The Morgan fingerprint density at radius 1 is 1.07 bits per heavy atom. The Morgan fingerprint density at radius 2 is 1.79 bits per heavy atom. The van der Waals surface area contributed by atoms with E-state index in [-0.39, 0.29) is 22.8 Å². The predicted molar refractivity (Wildman–Crippen MR) is 118 cm³/mol. The molecule has 1 aromatic carbocycles. The molecule has 1 amide bonds. The number of carbonyl (C=O) groups is 1. The molecule has 1 N–H and O–H groups in total. The first-order chi connectivity index (χ1) is 13.7. The summed E-state index contributed by atoms with van der Waals surface area (Å²) in [6.45, 7) is 8.65. The van der Waals surface area contributed by atoms with Gasteiger partial charge < -0.3 is 9.47 Å². The monoisotopic (exact) mass is 409 g/mol. The van der Waals surface area contributed by atoms with Gasteiger partial charge in [-0.15, -0.1) is 0 Å². The molecule has 2 aliphatic heterocycles. The third-order valence-electron chi connectivity index (χ3n) is 6.00. The van der Waals surface area contributed by atoms with Crippen LogP contribution < -0.4 is 10.9 Å². The summed E-state index contributed by atoms with van der Waals surface area (Å²) in [6, 6.07) is 13.2. The van der Waals surface area contributed by atoms with Crippen LogP contribution in [0.3, 0.4) is 0 Å². The van der Waals surface area contributed by atoms with E-state index in [0.717, 1.165) is 25.2 Å². The number of fused-ring (bicyclic) bond motifs is 4. The number of benzene rings is 1. The van der Waals surface area contributed by atoms with E-state index in [1.165, 1.54) is 5.56 Å². The molecule has 1 unspecified atom stereocenters. The number of thiocarbonyl (C=S) groups is 1. The number of hydrogen-bond donors (Lipinski definition) is 1. The quantitative estimate of drug-likeness (QED) is 0.735. The molecule has 0 saturated carbocycles. The van der Waals surface area contributed by atoms with E-state index in [1.54, 1.807) is 6.07 Å². The van der Waals surface area contributed by atoms with Crippen LogP contribution in [-0.2, 0) is 12.0 Å². The molecule has 29 heavy (non-hydrogen) atoms. The molecular formula is C23H27N3O2S. The maximum Gasteiger partial charge on any atom is 0.257 e. The molecule has 2 aromatic rings. The second-order valence-corrected chi connectivity index (χ2v) is 9.58. The van der Waals surface area contributed by atoms with Crippen molar-refractivity contribution in [1.29, 1.82) is 0 Å². The molecule has 1 aromatic heterocycles. The van der Waals surface area contributed by atoms with Crippen LogP contribution in [0.2, 0.25) is 0 Å². The molecule has 4 rings (SSSR count). The number of carbonyl (C=O) groups excluding carboxylic acids is 1. The molecule has 0 spiro atoms. The van der Waals surface area contributed by atoms with E-state index < -0.39 is 0 Å². The molecule has 2 bridgehead atoms. The van der Waals surface area contributed by atoms with Gasteiger partial charge in [-0.3, -0.25) is 14.9 Å². The fourth-order valence-electron chi connectivity index (χ4n) is 4.43. The van der Waals surface area contributed by atoms with Crippen molar-refractivity contribution < 1.29 is 4.79 Å². The van der Waals surface area contributed by atoms with Gasteiger partial charge in [0.25, 0.3) is 11.5 Å². The third kappa shape index (κ3) is 3.99. The number of nitrogens with one attached hydrogen (secondary N) is 1. The minimum absolute atomic E-state index is 0.0498. The first-order valence-electron chi connectivity index (χ1n) is 10.1. The van der Waals surface area contributed by atoms with Crippen molar-refractivity contribution >= 4 is 23.2 Å². The van der Waals surface area contributed by atoms with Gasteiger partial charge in [0.05, 0.1) is 0 Å². The maximum atomic E-state index is 12.7. The summed E-state index contributed by atoms with van der Waals surface area (Å²) in [5.74, 6) is 0.447. The van der Waals surface area contributed by atoms with Crippen molar-refractivity contribution in [1.82, 2.24) is 14.8 Å². The zero-order valence-corrected chi connectivity index (χ0v) is 18.0. The molecule has 2 atom stereocenters. The van der Waals surface area contributed by atoms with E-state index in [9.17, 15) is 9.59 Å². The van der Waals surface area contributed by atoms with Crippen molar-refractivity contribution in [3.05, 3.63) is 69.6 Å². The van der Waals surface area contributed by atoms with Crippen LogP contribution in [0, 0.1) is 5.92 Å². The Morgan fingerprint density at radius 3 is 2.48 bits per heavy atom. The van der Waals surface area contributed by atoms with Gasteiger partial charge >= 0.3 is 0 Å². The van der Waals surface area contributed by atoms with Crippen LogP contribution >= 0.6 is 12.2 Å². The molecule has 6 heteroatoms. The summed E-state index contributed by atoms with van der Waals surface area (Å²) in [5.41, 5.74) is 2.99. The van der Waals surface area contributed by atoms with Crippen LogP contribution in [0.15, 0.2) is 47.3 Å². The van der Waals surface area contributed by atoms with Crippen molar-refractivity contribution in [2.24, 2.45) is 5.92 Å². The summed E-state index contributed by atoms with van der Waals surface area (Å²) in [5, 5.41) is 3.37. The summed E-state index contributed by atoms with van der Waals surface area (Å²) in [6.07, 6.45) is 1.06. The van der Waals surface area contributed by atoms with Gasteiger partial charge in [0, 0.05) is 42.9 Å². The number of aromatic nitrogens is 1. The molecule has 0 aliphatic carbocycles. The van der Waals surface area contributed by atoms with Crippen LogP contribution in [-0.4, -0.2) is 33.6 Å². The lowest BCUT2D eigenvalue weighted by molar-refractivity contribution is 0.0968. The van der Waals surface area contributed by atoms with Gasteiger partial charge in [0.1, 0.15) is 0 Å². The summed E-state index contributed by atoms with van der Waals surface area (Å²) in [7, 11) is 0. The normalized spacial score (nSPS) is 20.7. The minimum atomic E-state index is -0.178. The number of hydrogen-bond acceptors (Lipinski definition) is 3. The Labute approximate surface area is 176 Å². The summed E-state index contributed by atoms with van der Waals surface area (Å²) >= 11 is 5.56. The Bertz CT molecular complexity index is 1000. The zero-order valence-electron chi connectivity index (χ0n) is 17.1. The van der Waals surface area contributed by atoms with Gasteiger partial charge in [-0.2, -0.15) is 0 Å². The fraction of sp³-hybridized carbons (Fsp3) is 0.435. The first kappa shape index (κ1) is 19.8. The second-order valence-electron chi connectivity index (χ2n) is 9.19. The Balaban J connectivity index is 1.44. The number of likely N-dealkylation sites (tertiary alicyclic amines) is 1. The van der Waals surface area contributed by atoms with Crippen LogP contribution in [0.1, 0.15) is 54.7 Å². The lowest BCUT2D eigenvalue weighted by Crippen LogP contribution is -2.52. The van der Waals surface area contributed by atoms with E-state index in [2.05, 4.69) is 31.0 Å². The topological polar surface area (TPSA) is 54.3 Å². The van der Waals surface area contributed by atoms with Crippen LogP contribution in [0.5, 0.6) is 0 Å². The second kappa shape index (κ2) is 7.41. The van der Waals surface area contributed by atoms with Crippen LogP contribution in [0.25, 0.3) is 0 Å². The molecule has 0 radical (unpaired) electrons. The van der Waals surface area contributed by atoms with Crippen molar-refractivity contribution in [3.8, 4) is 0 Å². The SMILES string of the molecule is CC(C)(C)c1ccc(C(=O)NC(=S)N2CC3C[C@@H](C2)Cn2c3cccc2=O)cc1. The number of rotatable bonds is 1. The highest BCUT2D eigenvalue weighted by molar-refractivity contribution is 7.80. The summed E-state index contributed by atoms with van der Waals surface area (Å²) < 4.78 is 1.90. The minimum Gasteiger partial charge on any atom is -0.348 e. The Kier molecular flexibility index (Phi) is 5.07. The highest BCUT2D eigenvalue weighted by atomic mass is 32.1. The van der Waals surface area contributed by atoms with E-state index in [1.807, 2.05) is 41.0 Å². The molecule has 2 aliphatic rings. The molecule has 1 fully saturated rings. The van der Waals surface area contributed by atoms with Crippen LogP contribution in [0.4, 0.5) is 0 Å². The van der Waals surface area contributed by atoms with Crippen molar-refractivity contribution in [2.75, 3.05) is 13.1 Å². The van der Waals surface area contributed by atoms with Crippen molar-refractivity contribution in [3.63, 3.8) is 0 Å². The van der Waals surface area contributed by atoms with Gasteiger partial charge in [-0.1, -0.05) is 39.0 Å². The smallest absolute Gasteiger partial charge is 0.257 e. The van der Waals surface area contributed by atoms with E-state index >= 15 is 0 Å². The average Bonchev–Trinajstić information content (AvgIpc) is 2.68. The van der Waals surface area contributed by atoms with Gasteiger partial charge in [0.15, 0.2) is 5.11 Å². The third-order valence-corrected chi connectivity index (χ3v) is 6.36. The van der Waals surface area contributed by atoms with E-state index in [4.69, 9.17) is 12.2 Å².